The number of nitrogens with zero attached hydrogens (tertiary/aromatic N) is 2. The Morgan fingerprint density at radius 3 is 2.43 bits per heavy atom. The predicted molar refractivity (Wildman–Crippen MR) is 83.9 cm³/mol. The molecule has 1 aromatic carbocycles. The Hall–Kier alpha value is -1.88. The van der Waals surface area contributed by atoms with Gasteiger partial charge in [0, 0.05) is 27.1 Å². The lowest BCUT2D eigenvalue weighted by molar-refractivity contribution is -0.135. The van der Waals surface area contributed by atoms with Gasteiger partial charge < -0.3 is 10.2 Å². The molecule has 0 aliphatic carbocycles. The van der Waals surface area contributed by atoms with Gasteiger partial charge in [-0.15, -0.1) is 0 Å². The Kier molecular flexibility index (Phi) is 6.37. The maximum atomic E-state index is 12.6. The largest absolute Gasteiger partial charge is 0.359 e. The molecule has 0 aromatic heterocycles. The number of aryl methyl sites for hydroxylation is 1. The standard InChI is InChI=1S/C16H25N3O2/c1-12-7-6-8-13(11-12)15(18(3)4)16(21)19(5)10-9-14(20)17-2/h6-8,11,15H,9-10H2,1-5H3,(H,17,20). The minimum Gasteiger partial charge on any atom is -0.359 e. The molecule has 1 N–H and O–H groups in total. The minimum atomic E-state index is -0.334. The van der Waals surface area contributed by atoms with Gasteiger partial charge in [0.2, 0.25) is 11.8 Å². The van der Waals surface area contributed by atoms with Gasteiger partial charge in [0.1, 0.15) is 6.04 Å². The van der Waals surface area contributed by atoms with E-state index in [-0.39, 0.29) is 17.9 Å². The van der Waals surface area contributed by atoms with E-state index in [2.05, 4.69) is 5.32 Å². The summed E-state index contributed by atoms with van der Waals surface area (Å²) in [6.45, 7) is 2.42. The third kappa shape index (κ3) is 4.86. The molecular weight excluding hydrogens is 266 g/mol. The molecule has 0 saturated carbocycles. The van der Waals surface area contributed by atoms with Crippen LogP contribution in [0.5, 0.6) is 0 Å². The highest BCUT2D eigenvalue weighted by atomic mass is 16.2. The number of hydrogen-bond donors (Lipinski definition) is 1. The van der Waals surface area contributed by atoms with E-state index in [1.54, 1.807) is 19.0 Å². The van der Waals surface area contributed by atoms with Crippen molar-refractivity contribution in [2.45, 2.75) is 19.4 Å². The fourth-order valence-corrected chi connectivity index (χ4v) is 2.21. The summed E-state index contributed by atoms with van der Waals surface area (Å²) in [6, 6.07) is 7.62. The van der Waals surface area contributed by atoms with Gasteiger partial charge in [0.15, 0.2) is 0 Å². The molecular formula is C16H25N3O2. The number of hydrogen-bond acceptors (Lipinski definition) is 3. The van der Waals surface area contributed by atoms with E-state index in [9.17, 15) is 9.59 Å². The summed E-state index contributed by atoms with van der Waals surface area (Å²) in [5.74, 6) is -0.0684. The van der Waals surface area contributed by atoms with Crippen LogP contribution in [0.4, 0.5) is 0 Å². The van der Waals surface area contributed by atoms with Crippen LogP contribution in [-0.2, 0) is 9.59 Å². The van der Waals surface area contributed by atoms with Crippen molar-refractivity contribution < 1.29 is 9.59 Å². The molecule has 21 heavy (non-hydrogen) atoms. The maximum Gasteiger partial charge on any atom is 0.244 e. The van der Waals surface area contributed by atoms with Gasteiger partial charge in [-0.25, -0.2) is 0 Å². The van der Waals surface area contributed by atoms with Crippen molar-refractivity contribution in [1.82, 2.24) is 15.1 Å². The highest BCUT2D eigenvalue weighted by Crippen LogP contribution is 2.21. The lowest BCUT2D eigenvalue weighted by Gasteiger charge is -2.28. The quantitative estimate of drug-likeness (QED) is 0.856. The second kappa shape index (κ2) is 7.78. The van der Waals surface area contributed by atoms with Crippen LogP contribution in [0.15, 0.2) is 24.3 Å². The number of benzene rings is 1. The Bertz CT molecular complexity index is 500. The number of rotatable bonds is 6. The molecule has 0 bridgehead atoms. The molecule has 1 atom stereocenters. The lowest BCUT2D eigenvalue weighted by atomic mass is 10.0. The number of likely N-dealkylation sites (N-methyl/N-ethyl adjacent to an activating group) is 2. The van der Waals surface area contributed by atoms with Crippen LogP contribution in [0, 0.1) is 6.92 Å². The second-order valence-corrected chi connectivity index (χ2v) is 5.46. The van der Waals surface area contributed by atoms with E-state index in [1.165, 1.54) is 0 Å². The SMILES string of the molecule is CNC(=O)CCN(C)C(=O)C(c1cccc(C)c1)N(C)C. The first kappa shape index (κ1) is 17.2. The van der Waals surface area contributed by atoms with Gasteiger partial charge in [-0.2, -0.15) is 0 Å². The Morgan fingerprint density at radius 1 is 1.24 bits per heavy atom. The fourth-order valence-electron chi connectivity index (χ4n) is 2.21. The monoisotopic (exact) mass is 291 g/mol. The summed E-state index contributed by atoms with van der Waals surface area (Å²) in [4.78, 5) is 27.5. The smallest absolute Gasteiger partial charge is 0.244 e. The Balaban J connectivity index is 2.85. The van der Waals surface area contributed by atoms with Gasteiger partial charge in [0.05, 0.1) is 0 Å². The van der Waals surface area contributed by atoms with E-state index in [0.717, 1.165) is 11.1 Å². The number of amides is 2. The molecule has 0 saturated heterocycles. The number of carbonyl (C=O) groups is 2. The summed E-state index contributed by atoms with van der Waals surface area (Å²) in [5.41, 5.74) is 2.09. The normalized spacial score (nSPS) is 12.1. The molecule has 0 fully saturated rings. The van der Waals surface area contributed by atoms with E-state index in [4.69, 9.17) is 0 Å². The van der Waals surface area contributed by atoms with Crippen molar-refractivity contribution in [1.29, 1.82) is 0 Å². The topological polar surface area (TPSA) is 52.7 Å². The van der Waals surface area contributed by atoms with Crippen LogP contribution in [-0.4, -0.2) is 56.3 Å². The predicted octanol–water partition coefficient (Wildman–Crippen LogP) is 1.19. The van der Waals surface area contributed by atoms with E-state index in [1.807, 2.05) is 50.2 Å². The fraction of sp³-hybridized carbons (Fsp3) is 0.500. The molecule has 0 radical (unpaired) electrons. The van der Waals surface area contributed by atoms with Gasteiger partial charge >= 0.3 is 0 Å². The highest BCUT2D eigenvalue weighted by molar-refractivity contribution is 5.84. The average Bonchev–Trinajstić information content (AvgIpc) is 2.44. The molecule has 0 aliphatic heterocycles. The Morgan fingerprint density at radius 2 is 1.90 bits per heavy atom. The van der Waals surface area contributed by atoms with Gasteiger partial charge in [0.25, 0.3) is 0 Å². The molecule has 1 rings (SSSR count). The zero-order valence-electron chi connectivity index (χ0n) is 13.5. The molecule has 5 heteroatoms. The average molecular weight is 291 g/mol. The minimum absolute atomic E-state index is 0.00509. The second-order valence-electron chi connectivity index (χ2n) is 5.46. The summed E-state index contributed by atoms with van der Waals surface area (Å²) in [6.07, 6.45) is 0.312. The van der Waals surface area contributed by atoms with Crippen molar-refractivity contribution in [3.8, 4) is 0 Å². The van der Waals surface area contributed by atoms with Crippen LogP contribution in [0.3, 0.4) is 0 Å². The molecule has 2 amide bonds. The van der Waals surface area contributed by atoms with Crippen LogP contribution in [0.1, 0.15) is 23.6 Å². The van der Waals surface area contributed by atoms with Crippen LogP contribution >= 0.6 is 0 Å². The summed E-state index contributed by atoms with van der Waals surface area (Å²) in [7, 11) is 7.10. The molecule has 5 nitrogen and oxygen atoms in total. The van der Waals surface area contributed by atoms with Crippen LogP contribution in [0.25, 0.3) is 0 Å². The van der Waals surface area contributed by atoms with Crippen LogP contribution in [0.2, 0.25) is 0 Å². The van der Waals surface area contributed by atoms with Crippen molar-refractivity contribution >= 4 is 11.8 Å². The first-order valence-electron chi connectivity index (χ1n) is 7.05. The number of carbonyl (C=O) groups excluding carboxylic acids is 2. The van der Waals surface area contributed by atoms with Crippen molar-refractivity contribution in [2.75, 3.05) is 34.7 Å². The number of nitrogens with one attached hydrogen (secondary N) is 1. The van der Waals surface area contributed by atoms with E-state index < -0.39 is 0 Å². The van der Waals surface area contributed by atoms with Gasteiger partial charge in [-0.05, 0) is 26.6 Å². The maximum absolute atomic E-state index is 12.6. The zero-order chi connectivity index (χ0) is 16.0. The molecule has 1 aromatic rings. The lowest BCUT2D eigenvalue weighted by Crippen LogP contribution is -2.39. The van der Waals surface area contributed by atoms with Crippen molar-refractivity contribution in [3.05, 3.63) is 35.4 Å². The molecule has 116 valence electrons. The third-order valence-corrected chi connectivity index (χ3v) is 3.44. The van der Waals surface area contributed by atoms with Crippen molar-refractivity contribution in [2.24, 2.45) is 0 Å². The van der Waals surface area contributed by atoms with Crippen LogP contribution < -0.4 is 5.32 Å². The first-order chi connectivity index (χ1) is 9.86. The van der Waals surface area contributed by atoms with Gasteiger partial charge in [-0.1, -0.05) is 29.8 Å². The molecule has 0 heterocycles. The van der Waals surface area contributed by atoms with Gasteiger partial charge in [-0.3, -0.25) is 14.5 Å². The van der Waals surface area contributed by atoms with E-state index >= 15 is 0 Å². The zero-order valence-corrected chi connectivity index (χ0v) is 13.5. The van der Waals surface area contributed by atoms with E-state index in [0.29, 0.717) is 13.0 Å². The third-order valence-electron chi connectivity index (χ3n) is 3.44. The summed E-state index contributed by atoms with van der Waals surface area (Å²) >= 11 is 0. The summed E-state index contributed by atoms with van der Waals surface area (Å²) < 4.78 is 0. The molecule has 0 aliphatic rings. The summed E-state index contributed by atoms with van der Waals surface area (Å²) in [5, 5.41) is 2.56. The van der Waals surface area contributed by atoms with Crippen molar-refractivity contribution in [3.63, 3.8) is 0 Å². The Labute approximate surface area is 126 Å². The first-order valence-corrected chi connectivity index (χ1v) is 7.05. The highest BCUT2D eigenvalue weighted by Gasteiger charge is 2.26. The molecule has 0 spiro atoms. The molecule has 1 unspecified atom stereocenters.